The molecule has 0 aliphatic heterocycles. The Labute approximate surface area is 123 Å². The molecule has 3 rings (SSSR count). The topological polar surface area (TPSA) is 38.0 Å². The van der Waals surface area contributed by atoms with Crippen molar-refractivity contribution in [3.63, 3.8) is 0 Å². The maximum Gasteiger partial charge on any atom is 0.0279 e. The highest BCUT2D eigenvalue weighted by molar-refractivity contribution is 5.35. The first-order chi connectivity index (χ1) is 9.86. The molecule has 0 spiro atoms. The molecule has 1 saturated carbocycles. The van der Waals surface area contributed by atoms with E-state index in [-0.39, 0.29) is 0 Å². The van der Waals surface area contributed by atoms with Crippen LogP contribution in [0.2, 0.25) is 0 Å². The molecule has 0 aromatic heterocycles. The molecule has 2 aliphatic carbocycles. The largest absolute Gasteiger partial charge is 0.271 e. The van der Waals surface area contributed by atoms with Gasteiger partial charge in [-0.15, -0.1) is 0 Å². The van der Waals surface area contributed by atoms with Crippen LogP contribution in [0.3, 0.4) is 0 Å². The highest BCUT2D eigenvalue weighted by Crippen LogP contribution is 2.28. The van der Waals surface area contributed by atoms with Gasteiger partial charge in [0.05, 0.1) is 0 Å². The lowest BCUT2D eigenvalue weighted by Gasteiger charge is -2.25. The van der Waals surface area contributed by atoms with Gasteiger partial charge in [0.25, 0.3) is 0 Å². The summed E-state index contributed by atoms with van der Waals surface area (Å²) in [5.41, 5.74) is 7.74. The number of benzene rings is 1. The van der Waals surface area contributed by atoms with Gasteiger partial charge >= 0.3 is 0 Å². The summed E-state index contributed by atoms with van der Waals surface area (Å²) < 4.78 is 0. The highest BCUT2D eigenvalue weighted by Gasteiger charge is 2.22. The maximum atomic E-state index is 5.87. The smallest absolute Gasteiger partial charge is 0.0279 e. The lowest BCUT2D eigenvalue weighted by Crippen LogP contribution is -2.42. The lowest BCUT2D eigenvalue weighted by molar-refractivity contribution is 0.320. The molecule has 0 heterocycles. The molecule has 20 heavy (non-hydrogen) atoms. The van der Waals surface area contributed by atoms with Crippen molar-refractivity contribution in [2.45, 2.75) is 70.3 Å². The fourth-order valence-corrected chi connectivity index (χ4v) is 4.08. The van der Waals surface area contributed by atoms with Gasteiger partial charge in [-0.25, -0.2) is 0 Å². The highest BCUT2D eigenvalue weighted by atomic mass is 15.2. The average Bonchev–Trinajstić information content (AvgIpc) is 2.77. The van der Waals surface area contributed by atoms with E-state index in [2.05, 4.69) is 23.6 Å². The Morgan fingerprint density at radius 3 is 2.50 bits per heavy atom. The van der Waals surface area contributed by atoms with Crippen molar-refractivity contribution in [3.8, 4) is 0 Å². The summed E-state index contributed by atoms with van der Waals surface area (Å²) in [4.78, 5) is 0. The first-order valence-electron chi connectivity index (χ1n) is 8.43. The molecule has 1 unspecified atom stereocenters. The van der Waals surface area contributed by atoms with Crippen LogP contribution in [-0.2, 0) is 19.3 Å². The average molecular weight is 272 g/mol. The van der Waals surface area contributed by atoms with Gasteiger partial charge in [0.15, 0.2) is 0 Å². The maximum absolute atomic E-state index is 5.87. The van der Waals surface area contributed by atoms with E-state index in [4.69, 9.17) is 5.84 Å². The fraction of sp³-hybridized carbons (Fsp3) is 0.667. The monoisotopic (exact) mass is 272 g/mol. The number of fused-ring (bicyclic) bond motifs is 1. The molecule has 0 saturated heterocycles. The quantitative estimate of drug-likeness (QED) is 0.500. The van der Waals surface area contributed by atoms with Crippen LogP contribution in [0.4, 0.5) is 0 Å². The van der Waals surface area contributed by atoms with Gasteiger partial charge in [-0.05, 0) is 61.1 Å². The molecular weight excluding hydrogens is 244 g/mol. The predicted octanol–water partition coefficient (Wildman–Crippen LogP) is 3.52. The van der Waals surface area contributed by atoms with Gasteiger partial charge in [-0.2, -0.15) is 0 Å². The number of hydrazine groups is 1. The summed E-state index contributed by atoms with van der Waals surface area (Å²) in [6.45, 7) is 0. The molecule has 1 aromatic carbocycles. The van der Waals surface area contributed by atoms with E-state index in [9.17, 15) is 0 Å². The second-order valence-corrected chi connectivity index (χ2v) is 6.69. The van der Waals surface area contributed by atoms with E-state index >= 15 is 0 Å². The van der Waals surface area contributed by atoms with Crippen molar-refractivity contribution < 1.29 is 0 Å². The van der Waals surface area contributed by atoms with Gasteiger partial charge in [-0.1, -0.05) is 43.9 Å². The van der Waals surface area contributed by atoms with Crippen LogP contribution >= 0.6 is 0 Å². The van der Waals surface area contributed by atoms with Crippen molar-refractivity contribution in [1.82, 2.24) is 5.43 Å². The molecule has 0 radical (unpaired) electrons. The van der Waals surface area contributed by atoms with Gasteiger partial charge in [0.2, 0.25) is 0 Å². The Hall–Kier alpha value is -0.860. The van der Waals surface area contributed by atoms with E-state index in [1.165, 1.54) is 63.4 Å². The first-order valence-corrected chi connectivity index (χ1v) is 8.43. The van der Waals surface area contributed by atoms with E-state index in [0.717, 1.165) is 12.3 Å². The van der Waals surface area contributed by atoms with Crippen molar-refractivity contribution in [2.75, 3.05) is 0 Å². The molecule has 0 bridgehead atoms. The Balaban J connectivity index is 1.67. The van der Waals surface area contributed by atoms with Crippen LogP contribution < -0.4 is 11.3 Å². The third-order valence-corrected chi connectivity index (χ3v) is 5.30. The van der Waals surface area contributed by atoms with Crippen molar-refractivity contribution >= 4 is 0 Å². The van der Waals surface area contributed by atoms with Crippen molar-refractivity contribution in [3.05, 3.63) is 34.9 Å². The van der Waals surface area contributed by atoms with Crippen molar-refractivity contribution in [1.29, 1.82) is 0 Å². The number of rotatable bonds is 4. The van der Waals surface area contributed by atoms with E-state index in [0.29, 0.717) is 6.04 Å². The third-order valence-electron chi connectivity index (χ3n) is 5.30. The third kappa shape index (κ3) is 3.24. The van der Waals surface area contributed by atoms with E-state index < -0.39 is 0 Å². The summed E-state index contributed by atoms with van der Waals surface area (Å²) in [7, 11) is 0. The van der Waals surface area contributed by atoms with Crippen molar-refractivity contribution in [2.24, 2.45) is 11.8 Å². The Kier molecular flexibility index (Phi) is 4.74. The molecular formula is C18H28N2. The Morgan fingerprint density at radius 2 is 1.75 bits per heavy atom. The van der Waals surface area contributed by atoms with E-state index in [1.54, 1.807) is 11.1 Å². The molecule has 2 nitrogen and oxygen atoms in total. The Bertz CT molecular complexity index is 433. The van der Waals surface area contributed by atoms with Crippen LogP contribution in [0.5, 0.6) is 0 Å². The van der Waals surface area contributed by atoms with Gasteiger partial charge in [-0.3, -0.25) is 11.3 Å². The normalized spacial score (nSPS) is 21.4. The number of aryl methyl sites for hydroxylation is 2. The standard InChI is InChI=1S/C18H28N2/c19-20-18(16-6-3-1-2-4-7-16)13-14-10-11-15-8-5-9-17(15)12-14/h10-12,16,18,20H,1-9,13,19H2. The van der Waals surface area contributed by atoms with Gasteiger partial charge in [0.1, 0.15) is 0 Å². The summed E-state index contributed by atoms with van der Waals surface area (Å²) in [6.07, 6.45) is 13.2. The number of nitrogens with one attached hydrogen (secondary N) is 1. The summed E-state index contributed by atoms with van der Waals surface area (Å²) in [5, 5.41) is 0. The van der Waals surface area contributed by atoms with Crippen LogP contribution in [-0.4, -0.2) is 6.04 Å². The molecule has 110 valence electrons. The zero-order chi connectivity index (χ0) is 13.8. The number of hydrogen-bond acceptors (Lipinski definition) is 2. The molecule has 1 atom stereocenters. The molecule has 2 aliphatic rings. The lowest BCUT2D eigenvalue weighted by atomic mass is 9.87. The minimum Gasteiger partial charge on any atom is -0.271 e. The number of nitrogens with two attached hydrogens (primary N) is 1. The number of hydrogen-bond donors (Lipinski definition) is 2. The second kappa shape index (κ2) is 6.73. The zero-order valence-corrected chi connectivity index (χ0v) is 12.5. The minimum atomic E-state index is 0.451. The second-order valence-electron chi connectivity index (χ2n) is 6.69. The predicted molar refractivity (Wildman–Crippen MR) is 84.5 cm³/mol. The zero-order valence-electron chi connectivity index (χ0n) is 12.5. The molecule has 3 N–H and O–H groups in total. The van der Waals surface area contributed by atoms with E-state index in [1.807, 2.05) is 0 Å². The van der Waals surface area contributed by atoms with Gasteiger partial charge in [0, 0.05) is 6.04 Å². The Morgan fingerprint density at radius 1 is 1.00 bits per heavy atom. The molecule has 0 amide bonds. The van der Waals surface area contributed by atoms with Crippen LogP contribution in [0, 0.1) is 5.92 Å². The van der Waals surface area contributed by atoms with Crippen LogP contribution in [0.1, 0.15) is 61.6 Å². The minimum absolute atomic E-state index is 0.451. The molecule has 1 aromatic rings. The first kappa shape index (κ1) is 14.1. The summed E-state index contributed by atoms with van der Waals surface area (Å²) in [5.74, 6) is 6.63. The van der Waals surface area contributed by atoms with Crippen LogP contribution in [0.15, 0.2) is 18.2 Å². The van der Waals surface area contributed by atoms with Crippen LogP contribution in [0.25, 0.3) is 0 Å². The molecule has 2 heteroatoms. The molecule has 1 fully saturated rings. The summed E-state index contributed by atoms with van der Waals surface area (Å²) in [6, 6.07) is 7.56. The SMILES string of the molecule is NNC(Cc1ccc2c(c1)CCC2)C1CCCCCC1. The summed E-state index contributed by atoms with van der Waals surface area (Å²) >= 11 is 0. The van der Waals surface area contributed by atoms with Gasteiger partial charge < -0.3 is 0 Å². The fourth-order valence-electron chi connectivity index (χ4n) is 4.08.